The fourth-order valence-corrected chi connectivity index (χ4v) is 4.48. The predicted molar refractivity (Wildman–Crippen MR) is 119 cm³/mol. The average molecular weight is 447 g/mol. The highest BCUT2D eigenvalue weighted by Crippen LogP contribution is 2.27. The van der Waals surface area contributed by atoms with Crippen LogP contribution in [0.5, 0.6) is 5.75 Å². The van der Waals surface area contributed by atoms with E-state index in [9.17, 15) is 4.79 Å². The highest BCUT2D eigenvalue weighted by atomic mass is 35.5. The number of hydrogen-bond donors (Lipinski definition) is 1. The van der Waals surface area contributed by atoms with Gasteiger partial charge in [0.2, 0.25) is 5.91 Å². The summed E-state index contributed by atoms with van der Waals surface area (Å²) in [6.07, 6.45) is 5.54. The van der Waals surface area contributed by atoms with E-state index in [0.717, 1.165) is 56.0 Å². The Kier molecular flexibility index (Phi) is 7.15. The number of benzene rings is 1. The monoisotopic (exact) mass is 446 g/mol. The first-order valence-electron chi connectivity index (χ1n) is 11.0. The summed E-state index contributed by atoms with van der Waals surface area (Å²) >= 11 is 6.00. The molecule has 2 fully saturated rings. The van der Waals surface area contributed by atoms with Gasteiger partial charge >= 0.3 is 0 Å². The molecule has 7 nitrogen and oxygen atoms in total. The second-order valence-electron chi connectivity index (χ2n) is 8.62. The van der Waals surface area contributed by atoms with Crippen molar-refractivity contribution in [3.8, 4) is 5.75 Å². The van der Waals surface area contributed by atoms with Gasteiger partial charge in [-0.2, -0.15) is 5.10 Å². The number of aromatic nitrogens is 2. The van der Waals surface area contributed by atoms with E-state index in [1.165, 1.54) is 6.42 Å². The third-order valence-corrected chi connectivity index (χ3v) is 6.41. The number of nitrogens with one attached hydrogen (secondary N) is 1. The van der Waals surface area contributed by atoms with Gasteiger partial charge in [-0.15, -0.1) is 0 Å². The Morgan fingerprint density at radius 3 is 2.71 bits per heavy atom. The molecule has 0 aliphatic carbocycles. The summed E-state index contributed by atoms with van der Waals surface area (Å²) in [5.41, 5.74) is 1.54. The smallest absolute Gasteiger partial charge is 0.225 e. The van der Waals surface area contributed by atoms with Crippen LogP contribution in [0.15, 0.2) is 30.5 Å². The number of piperidine rings is 1. The van der Waals surface area contributed by atoms with Crippen molar-refractivity contribution in [3.05, 3.63) is 46.7 Å². The second-order valence-corrected chi connectivity index (χ2v) is 9.06. The standard InChI is InChI=1S/C23H31ClN4O3/c1-18-19(14-25-26-18)15-27-11-12-31-23(16-27,13-22(29)28-9-3-2-4-10-28)17-30-21-7-5-20(24)6-8-21/h5-8,14H,2-4,9-13,15-17H2,1H3,(H,25,26). The van der Waals surface area contributed by atoms with E-state index in [4.69, 9.17) is 21.1 Å². The van der Waals surface area contributed by atoms with Crippen LogP contribution in [-0.4, -0.2) is 70.9 Å². The molecule has 8 heteroatoms. The maximum atomic E-state index is 13.1. The van der Waals surface area contributed by atoms with E-state index in [1.807, 2.05) is 30.2 Å². The van der Waals surface area contributed by atoms with E-state index in [1.54, 1.807) is 12.1 Å². The number of amides is 1. The molecular formula is C23H31ClN4O3. The summed E-state index contributed by atoms with van der Waals surface area (Å²) < 4.78 is 12.4. The number of rotatable bonds is 7. The van der Waals surface area contributed by atoms with Crippen LogP contribution in [0, 0.1) is 6.92 Å². The molecule has 2 saturated heterocycles. The molecule has 1 amide bonds. The number of morpholine rings is 1. The molecule has 1 unspecified atom stereocenters. The number of aromatic amines is 1. The minimum Gasteiger partial charge on any atom is -0.491 e. The SMILES string of the molecule is Cc1[nH]ncc1CN1CCOC(COc2ccc(Cl)cc2)(CC(=O)N2CCCCC2)C1. The van der Waals surface area contributed by atoms with Crippen molar-refractivity contribution >= 4 is 17.5 Å². The number of hydrogen-bond acceptors (Lipinski definition) is 5. The molecule has 1 N–H and O–H groups in total. The molecule has 1 atom stereocenters. The van der Waals surface area contributed by atoms with Crippen molar-refractivity contribution in [2.75, 3.05) is 39.4 Å². The van der Waals surface area contributed by atoms with Crippen LogP contribution in [0.1, 0.15) is 36.9 Å². The number of ether oxygens (including phenoxy) is 2. The van der Waals surface area contributed by atoms with Gasteiger partial charge in [0.25, 0.3) is 0 Å². The predicted octanol–water partition coefficient (Wildman–Crippen LogP) is 3.42. The molecule has 3 heterocycles. The number of carbonyl (C=O) groups excluding carboxylic acids is 1. The van der Waals surface area contributed by atoms with Crippen LogP contribution in [0.4, 0.5) is 0 Å². The molecular weight excluding hydrogens is 416 g/mol. The summed E-state index contributed by atoms with van der Waals surface area (Å²) in [5.74, 6) is 0.876. The summed E-state index contributed by atoms with van der Waals surface area (Å²) in [4.78, 5) is 17.5. The maximum Gasteiger partial charge on any atom is 0.225 e. The van der Waals surface area contributed by atoms with E-state index in [0.29, 0.717) is 31.2 Å². The maximum absolute atomic E-state index is 13.1. The molecule has 0 radical (unpaired) electrons. The van der Waals surface area contributed by atoms with E-state index in [-0.39, 0.29) is 5.91 Å². The van der Waals surface area contributed by atoms with Crippen LogP contribution in [-0.2, 0) is 16.1 Å². The van der Waals surface area contributed by atoms with Gasteiger partial charge in [-0.05, 0) is 50.5 Å². The third kappa shape index (κ3) is 5.79. The van der Waals surface area contributed by atoms with Crippen molar-refractivity contribution in [3.63, 3.8) is 0 Å². The first-order chi connectivity index (χ1) is 15.0. The number of H-pyrrole nitrogens is 1. The van der Waals surface area contributed by atoms with Crippen molar-refractivity contribution in [1.29, 1.82) is 0 Å². The Morgan fingerprint density at radius 1 is 1.23 bits per heavy atom. The van der Waals surface area contributed by atoms with Gasteiger partial charge < -0.3 is 14.4 Å². The van der Waals surface area contributed by atoms with Crippen LogP contribution in [0.25, 0.3) is 0 Å². The van der Waals surface area contributed by atoms with Gasteiger partial charge in [0, 0.05) is 49.0 Å². The summed E-state index contributed by atoms with van der Waals surface area (Å²) in [5, 5.41) is 7.80. The lowest BCUT2D eigenvalue weighted by Crippen LogP contribution is -2.57. The van der Waals surface area contributed by atoms with Crippen molar-refractivity contribution in [2.24, 2.45) is 0 Å². The largest absolute Gasteiger partial charge is 0.491 e. The van der Waals surface area contributed by atoms with Crippen LogP contribution < -0.4 is 4.74 Å². The zero-order chi connectivity index (χ0) is 21.7. The number of aryl methyl sites for hydroxylation is 1. The second kappa shape index (κ2) is 10.0. The van der Waals surface area contributed by atoms with Gasteiger partial charge in [-0.3, -0.25) is 14.8 Å². The van der Waals surface area contributed by atoms with Crippen molar-refractivity contribution in [1.82, 2.24) is 20.0 Å². The van der Waals surface area contributed by atoms with Crippen molar-refractivity contribution < 1.29 is 14.3 Å². The molecule has 2 aromatic rings. The Morgan fingerprint density at radius 2 is 2.00 bits per heavy atom. The molecule has 31 heavy (non-hydrogen) atoms. The lowest BCUT2D eigenvalue weighted by atomic mass is 9.96. The fourth-order valence-electron chi connectivity index (χ4n) is 4.36. The fraction of sp³-hybridized carbons (Fsp3) is 0.565. The third-order valence-electron chi connectivity index (χ3n) is 6.15. The zero-order valence-electron chi connectivity index (χ0n) is 18.1. The van der Waals surface area contributed by atoms with Crippen LogP contribution >= 0.6 is 11.6 Å². The van der Waals surface area contributed by atoms with Gasteiger partial charge in [-0.25, -0.2) is 0 Å². The summed E-state index contributed by atoms with van der Waals surface area (Å²) in [7, 11) is 0. The van der Waals surface area contributed by atoms with E-state index in [2.05, 4.69) is 15.1 Å². The molecule has 168 valence electrons. The number of nitrogens with zero attached hydrogens (tertiary/aromatic N) is 3. The average Bonchev–Trinajstić information content (AvgIpc) is 3.18. The molecule has 0 bridgehead atoms. The molecule has 1 aromatic carbocycles. The van der Waals surface area contributed by atoms with Gasteiger partial charge in [0.1, 0.15) is 18.0 Å². The lowest BCUT2D eigenvalue weighted by molar-refractivity contribution is -0.157. The molecule has 0 spiro atoms. The van der Waals surface area contributed by atoms with Gasteiger partial charge in [-0.1, -0.05) is 11.6 Å². The summed E-state index contributed by atoms with van der Waals surface area (Å²) in [6.45, 7) is 6.79. The number of carbonyl (C=O) groups is 1. The van der Waals surface area contributed by atoms with Gasteiger partial charge in [0.05, 0.1) is 19.2 Å². The topological polar surface area (TPSA) is 70.7 Å². The van der Waals surface area contributed by atoms with E-state index < -0.39 is 5.60 Å². The molecule has 1 aromatic heterocycles. The summed E-state index contributed by atoms with van der Waals surface area (Å²) in [6, 6.07) is 7.30. The molecule has 2 aliphatic heterocycles. The molecule has 4 rings (SSSR count). The highest BCUT2D eigenvalue weighted by Gasteiger charge is 2.41. The number of halogens is 1. The molecule has 0 saturated carbocycles. The zero-order valence-corrected chi connectivity index (χ0v) is 18.9. The van der Waals surface area contributed by atoms with Crippen LogP contribution in [0.3, 0.4) is 0 Å². The van der Waals surface area contributed by atoms with Crippen LogP contribution in [0.2, 0.25) is 5.02 Å². The first-order valence-corrected chi connectivity index (χ1v) is 11.4. The lowest BCUT2D eigenvalue weighted by Gasteiger charge is -2.43. The van der Waals surface area contributed by atoms with Crippen molar-refractivity contribution in [2.45, 2.75) is 44.8 Å². The Labute approximate surface area is 188 Å². The Hall–Kier alpha value is -2.09. The Balaban J connectivity index is 1.48. The van der Waals surface area contributed by atoms with E-state index >= 15 is 0 Å². The molecule has 2 aliphatic rings. The minimum atomic E-state index is -0.690. The normalized spacial score (nSPS) is 22.5. The van der Waals surface area contributed by atoms with Gasteiger partial charge in [0.15, 0.2) is 0 Å². The number of likely N-dealkylation sites (tertiary alicyclic amines) is 1. The Bertz CT molecular complexity index is 866. The highest BCUT2D eigenvalue weighted by molar-refractivity contribution is 6.30. The first kappa shape index (κ1) is 22.1. The minimum absolute atomic E-state index is 0.153. The quantitative estimate of drug-likeness (QED) is 0.705.